The molecule has 0 bridgehead atoms. The Morgan fingerprint density at radius 2 is 2.12 bits per heavy atom. The highest BCUT2D eigenvalue weighted by Crippen LogP contribution is 2.09. The summed E-state index contributed by atoms with van der Waals surface area (Å²) in [6.45, 7) is 5.18. The standard InChI is InChI=1S/C11H20N2O3/c14-11(13-3-6-15-7-4-13)9-12-8-10-2-1-5-16-10/h10,12H,1-9H2/p+1/t10-/m1/s1. The average molecular weight is 229 g/mol. The van der Waals surface area contributed by atoms with Crippen molar-refractivity contribution in [3.63, 3.8) is 0 Å². The fraction of sp³-hybridized carbons (Fsp3) is 0.909. The molecule has 0 aromatic heterocycles. The van der Waals surface area contributed by atoms with Gasteiger partial charge < -0.3 is 19.7 Å². The van der Waals surface area contributed by atoms with E-state index in [2.05, 4.69) is 5.32 Å². The molecule has 0 spiro atoms. The molecule has 2 fully saturated rings. The van der Waals surface area contributed by atoms with Gasteiger partial charge in [0.2, 0.25) is 0 Å². The molecule has 16 heavy (non-hydrogen) atoms. The van der Waals surface area contributed by atoms with Gasteiger partial charge in [0.1, 0.15) is 12.6 Å². The minimum absolute atomic E-state index is 0.223. The molecule has 0 saturated carbocycles. The molecule has 0 aliphatic carbocycles. The Morgan fingerprint density at radius 3 is 2.81 bits per heavy atom. The molecule has 0 aromatic rings. The number of ether oxygens (including phenoxy) is 2. The second-order valence-corrected chi connectivity index (χ2v) is 4.36. The van der Waals surface area contributed by atoms with Gasteiger partial charge in [-0.1, -0.05) is 0 Å². The van der Waals surface area contributed by atoms with Gasteiger partial charge in [0.05, 0.1) is 13.2 Å². The first-order valence-corrected chi connectivity index (χ1v) is 6.15. The Labute approximate surface area is 96.1 Å². The van der Waals surface area contributed by atoms with Gasteiger partial charge in [-0.25, -0.2) is 0 Å². The number of carbonyl (C=O) groups excluding carboxylic acids is 1. The van der Waals surface area contributed by atoms with Crippen LogP contribution in [-0.2, 0) is 14.3 Å². The van der Waals surface area contributed by atoms with Gasteiger partial charge in [0.25, 0.3) is 5.91 Å². The Bertz CT molecular complexity index is 223. The van der Waals surface area contributed by atoms with E-state index in [4.69, 9.17) is 9.47 Å². The third-order valence-corrected chi connectivity index (χ3v) is 3.14. The molecule has 2 aliphatic rings. The number of carbonyl (C=O) groups is 1. The highest BCUT2D eigenvalue weighted by molar-refractivity contribution is 5.77. The minimum atomic E-state index is 0.223. The van der Waals surface area contributed by atoms with E-state index in [-0.39, 0.29) is 5.91 Å². The van der Waals surface area contributed by atoms with Crippen LogP contribution in [0.2, 0.25) is 0 Å². The van der Waals surface area contributed by atoms with Crippen LogP contribution in [0.4, 0.5) is 0 Å². The highest BCUT2D eigenvalue weighted by atomic mass is 16.5. The molecule has 5 nitrogen and oxygen atoms in total. The summed E-state index contributed by atoms with van der Waals surface area (Å²) in [5, 5.41) is 2.06. The van der Waals surface area contributed by atoms with Crippen LogP contribution in [0, 0.1) is 0 Å². The molecule has 1 atom stereocenters. The Hall–Kier alpha value is -0.650. The van der Waals surface area contributed by atoms with Crippen molar-refractivity contribution in [1.29, 1.82) is 0 Å². The summed E-state index contributed by atoms with van der Waals surface area (Å²) in [5.74, 6) is 0.223. The van der Waals surface area contributed by atoms with E-state index in [0.29, 0.717) is 25.9 Å². The van der Waals surface area contributed by atoms with Crippen LogP contribution in [0.15, 0.2) is 0 Å². The fourth-order valence-corrected chi connectivity index (χ4v) is 2.16. The number of rotatable bonds is 4. The van der Waals surface area contributed by atoms with Crippen molar-refractivity contribution in [3.05, 3.63) is 0 Å². The van der Waals surface area contributed by atoms with Crippen LogP contribution in [0.25, 0.3) is 0 Å². The zero-order valence-corrected chi connectivity index (χ0v) is 9.69. The molecule has 2 heterocycles. The van der Waals surface area contributed by atoms with Crippen LogP contribution in [0.1, 0.15) is 12.8 Å². The van der Waals surface area contributed by atoms with Gasteiger partial charge in [0.15, 0.2) is 6.54 Å². The topological polar surface area (TPSA) is 55.4 Å². The number of hydrogen-bond acceptors (Lipinski definition) is 3. The molecule has 2 saturated heterocycles. The number of hydrogen-bond donors (Lipinski definition) is 1. The molecule has 2 rings (SSSR count). The predicted molar refractivity (Wildman–Crippen MR) is 58.0 cm³/mol. The van der Waals surface area contributed by atoms with Crippen LogP contribution < -0.4 is 5.32 Å². The van der Waals surface area contributed by atoms with Gasteiger partial charge in [-0.15, -0.1) is 0 Å². The van der Waals surface area contributed by atoms with E-state index in [1.54, 1.807) is 0 Å². The number of quaternary nitrogens is 1. The van der Waals surface area contributed by atoms with Crippen molar-refractivity contribution in [2.45, 2.75) is 18.9 Å². The summed E-state index contributed by atoms with van der Waals surface area (Å²) >= 11 is 0. The summed E-state index contributed by atoms with van der Waals surface area (Å²) in [6, 6.07) is 0. The van der Waals surface area contributed by atoms with Gasteiger partial charge in [-0.3, -0.25) is 4.79 Å². The molecule has 2 aliphatic heterocycles. The third kappa shape index (κ3) is 3.43. The van der Waals surface area contributed by atoms with Crippen molar-refractivity contribution < 1.29 is 19.6 Å². The van der Waals surface area contributed by atoms with E-state index >= 15 is 0 Å². The van der Waals surface area contributed by atoms with Crippen LogP contribution in [-0.4, -0.2) is 62.9 Å². The van der Waals surface area contributed by atoms with E-state index in [9.17, 15) is 4.79 Å². The largest absolute Gasteiger partial charge is 0.378 e. The molecule has 0 radical (unpaired) electrons. The van der Waals surface area contributed by atoms with Crippen LogP contribution >= 0.6 is 0 Å². The molecule has 92 valence electrons. The average Bonchev–Trinajstić information content (AvgIpc) is 2.83. The van der Waals surface area contributed by atoms with Crippen molar-refractivity contribution in [2.75, 3.05) is 46.0 Å². The van der Waals surface area contributed by atoms with E-state index < -0.39 is 0 Å². The van der Waals surface area contributed by atoms with Gasteiger partial charge in [-0.2, -0.15) is 0 Å². The normalized spacial score (nSPS) is 26.0. The SMILES string of the molecule is O=C(C[NH2+]C[C@H]1CCCO1)N1CCOCC1. The quantitative estimate of drug-likeness (QED) is 0.644. The smallest absolute Gasteiger partial charge is 0.277 e. The maximum absolute atomic E-state index is 11.8. The molecular weight excluding hydrogens is 208 g/mol. The minimum Gasteiger partial charge on any atom is -0.378 e. The molecule has 2 N–H and O–H groups in total. The Balaban J connectivity index is 1.59. The summed E-state index contributed by atoms with van der Waals surface area (Å²) < 4.78 is 10.7. The van der Waals surface area contributed by atoms with Crippen molar-refractivity contribution >= 4 is 5.91 Å². The maximum Gasteiger partial charge on any atom is 0.277 e. The number of morpholine rings is 1. The third-order valence-electron chi connectivity index (χ3n) is 3.14. The monoisotopic (exact) mass is 229 g/mol. The predicted octanol–water partition coefficient (Wildman–Crippen LogP) is -1.41. The lowest BCUT2D eigenvalue weighted by Crippen LogP contribution is -2.88. The van der Waals surface area contributed by atoms with Crippen molar-refractivity contribution in [1.82, 2.24) is 4.90 Å². The Morgan fingerprint density at radius 1 is 1.31 bits per heavy atom. The fourth-order valence-electron chi connectivity index (χ4n) is 2.16. The second kappa shape index (κ2) is 6.18. The summed E-state index contributed by atoms with van der Waals surface area (Å²) in [6.07, 6.45) is 2.66. The van der Waals surface area contributed by atoms with Crippen molar-refractivity contribution in [3.8, 4) is 0 Å². The van der Waals surface area contributed by atoms with Crippen molar-refractivity contribution in [2.24, 2.45) is 0 Å². The summed E-state index contributed by atoms with van der Waals surface area (Å²) in [4.78, 5) is 13.7. The number of nitrogens with zero attached hydrogens (tertiary/aromatic N) is 1. The number of amides is 1. The first-order chi connectivity index (χ1) is 7.86. The first-order valence-electron chi connectivity index (χ1n) is 6.15. The van der Waals surface area contributed by atoms with Gasteiger partial charge >= 0.3 is 0 Å². The first kappa shape index (κ1) is 11.8. The van der Waals surface area contributed by atoms with E-state index in [1.165, 1.54) is 0 Å². The highest BCUT2D eigenvalue weighted by Gasteiger charge is 2.20. The van der Waals surface area contributed by atoms with Crippen LogP contribution in [0.3, 0.4) is 0 Å². The van der Waals surface area contributed by atoms with Gasteiger partial charge in [0, 0.05) is 19.7 Å². The summed E-state index contributed by atoms with van der Waals surface area (Å²) in [5.41, 5.74) is 0. The molecule has 5 heteroatoms. The zero-order valence-electron chi connectivity index (χ0n) is 9.69. The molecule has 1 amide bonds. The van der Waals surface area contributed by atoms with Crippen LogP contribution in [0.5, 0.6) is 0 Å². The molecule has 0 aromatic carbocycles. The lowest BCUT2D eigenvalue weighted by molar-refractivity contribution is -0.650. The zero-order chi connectivity index (χ0) is 11.2. The molecular formula is C11H21N2O3+. The van der Waals surface area contributed by atoms with Gasteiger partial charge in [-0.05, 0) is 12.8 Å². The molecule has 0 unspecified atom stereocenters. The number of nitrogens with two attached hydrogens (primary N) is 1. The van der Waals surface area contributed by atoms with E-state index in [0.717, 1.165) is 39.1 Å². The second-order valence-electron chi connectivity index (χ2n) is 4.36. The lowest BCUT2D eigenvalue weighted by atomic mass is 10.2. The maximum atomic E-state index is 11.8. The lowest BCUT2D eigenvalue weighted by Gasteiger charge is -2.26. The van der Waals surface area contributed by atoms with E-state index in [1.807, 2.05) is 4.90 Å². The summed E-state index contributed by atoms with van der Waals surface area (Å²) in [7, 11) is 0. The Kier molecular flexibility index (Phi) is 4.56.